The lowest BCUT2D eigenvalue weighted by Crippen LogP contribution is -3.13. The van der Waals surface area contributed by atoms with Crippen molar-refractivity contribution >= 4 is 5.91 Å². The summed E-state index contributed by atoms with van der Waals surface area (Å²) in [6, 6.07) is 11.4. The van der Waals surface area contributed by atoms with Crippen molar-refractivity contribution in [3.8, 4) is 11.5 Å². The molecular weight excluding hydrogens is 318 g/mol. The van der Waals surface area contributed by atoms with Crippen LogP contribution >= 0.6 is 0 Å². The molecule has 0 aliphatic carbocycles. The normalized spacial score (nSPS) is 15.0. The summed E-state index contributed by atoms with van der Waals surface area (Å²) in [5.74, 6) is 1.29. The topological polar surface area (TPSA) is 57.4 Å². The summed E-state index contributed by atoms with van der Waals surface area (Å²) in [5.41, 5.74) is 1.82. The number of hydrogen-bond donors (Lipinski definition) is 1. The molecule has 0 atom stereocenters. The smallest absolute Gasteiger partial charge is 0.254 e. The van der Waals surface area contributed by atoms with Crippen LogP contribution < -0.4 is 19.4 Å². The zero-order chi connectivity index (χ0) is 17.6. The number of nitrogens with one attached hydrogen (secondary N) is 2. The largest absolute Gasteiger partial charge is 0.497 e. The lowest BCUT2D eigenvalue weighted by Gasteiger charge is -2.31. The molecule has 1 aliphatic heterocycles. The Hall–Kier alpha value is -2.60. The van der Waals surface area contributed by atoms with Crippen molar-refractivity contribution in [2.24, 2.45) is 0 Å². The van der Waals surface area contributed by atoms with E-state index >= 15 is 0 Å². The number of piperazine rings is 1. The van der Waals surface area contributed by atoms with E-state index in [9.17, 15) is 4.79 Å². The summed E-state index contributed by atoms with van der Waals surface area (Å²) in [6.45, 7) is 4.34. The maximum atomic E-state index is 12.8. The molecule has 3 rings (SSSR count). The van der Waals surface area contributed by atoms with Crippen molar-refractivity contribution in [1.82, 2.24) is 4.90 Å². The zero-order valence-electron chi connectivity index (χ0n) is 14.7. The maximum Gasteiger partial charge on any atom is 0.254 e. The predicted octanol–water partition coefficient (Wildman–Crippen LogP) is 0.0588. The molecule has 0 unspecified atom stereocenters. The summed E-state index contributed by atoms with van der Waals surface area (Å²) in [7, 11) is 3.18. The van der Waals surface area contributed by atoms with Crippen molar-refractivity contribution < 1.29 is 24.2 Å². The van der Waals surface area contributed by atoms with Crippen molar-refractivity contribution in [3.05, 3.63) is 53.9 Å². The van der Waals surface area contributed by atoms with Crippen molar-refractivity contribution in [1.29, 1.82) is 0 Å². The lowest BCUT2D eigenvalue weighted by atomic mass is 10.1. The molecule has 2 N–H and O–H groups in total. The lowest BCUT2D eigenvalue weighted by molar-refractivity contribution is -0.921. The van der Waals surface area contributed by atoms with Crippen molar-refractivity contribution in [2.45, 2.75) is 6.54 Å². The van der Waals surface area contributed by atoms with E-state index in [1.165, 1.54) is 10.6 Å². The Balaban J connectivity index is 1.62. The Morgan fingerprint density at radius 2 is 1.80 bits per heavy atom. The summed E-state index contributed by atoms with van der Waals surface area (Å²) in [5, 5.41) is 0. The minimum Gasteiger partial charge on any atom is -0.497 e. The van der Waals surface area contributed by atoms with Crippen LogP contribution in [-0.4, -0.2) is 51.2 Å². The Morgan fingerprint density at radius 1 is 1.12 bits per heavy atom. The van der Waals surface area contributed by atoms with Gasteiger partial charge in [0.25, 0.3) is 5.91 Å². The first-order valence-electron chi connectivity index (χ1n) is 8.51. The first-order valence-corrected chi connectivity index (χ1v) is 8.51. The molecule has 0 spiro atoms. The quantitative estimate of drug-likeness (QED) is 0.835. The predicted molar refractivity (Wildman–Crippen MR) is 92.8 cm³/mol. The second kappa shape index (κ2) is 7.98. The van der Waals surface area contributed by atoms with Crippen LogP contribution in [0.2, 0.25) is 0 Å². The van der Waals surface area contributed by atoms with Gasteiger partial charge in [0, 0.05) is 23.8 Å². The fraction of sp³-hybridized carbons (Fsp3) is 0.368. The molecule has 25 heavy (non-hydrogen) atoms. The van der Waals surface area contributed by atoms with Gasteiger partial charge in [0.05, 0.1) is 40.4 Å². The van der Waals surface area contributed by atoms with E-state index in [0.29, 0.717) is 17.1 Å². The highest BCUT2D eigenvalue weighted by atomic mass is 16.5. The monoisotopic (exact) mass is 343 g/mol. The van der Waals surface area contributed by atoms with Crippen molar-refractivity contribution in [2.75, 3.05) is 40.4 Å². The number of H-pyrrole nitrogens is 1. The molecule has 1 aromatic heterocycles. The van der Waals surface area contributed by atoms with Crippen LogP contribution in [0.5, 0.6) is 11.5 Å². The van der Waals surface area contributed by atoms with Gasteiger partial charge in [-0.2, -0.15) is 0 Å². The van der Waals surface area contributed by atoms with Gasteiger partial charge in [-0.05, 0) is 18.2 Å². The molecule has 1 aromatic carbocycles. The molecule has 1 aliphatic rings. The highest BCUT2D eigenvalue weighted by Crippen LogP contribution is 2.23. The first-order chi connectivity index (χ1) is 12.2. The van der Waals surface area contributed by atoms with E-state index in [-0.39, 0.29) is 5.91 Å². The highest BCUT2D eigenvalue weighted by Gasteiger charge is 2.26. The minimum atomic E-state index is 0.0301. The van der Waals surface area contributed by atoms with Gasteiger partial charge in [0.15, 0.2) is 12.7 Å². The number of quaternary nitrogens is 1. The SMILES string of the molecule is COc1cc(OC)cc(C(=O)N2CC[NH+](Cc3cccc[nH+]3)CC2)c1. The van der Waals surface area contributed by atoms with Crippen LogP contribution in [0, 0.1) is 0 Å². The number of carbonyl (C=O) groups excluding carboxylic acids is 1. The number of rotatable bonds is 5. The fourth-order valence-corrected chi connectivity index (χ4v) is 3.13. The van der Waals surface area contributed by atoms with Gasteiger partial charge < -0.3 is 19.3 Å². The van der Waals surface area contributed by atoms with Crippen LogP contribution in [0.3, 0.4) is 0 Å². The fourth-order valence-electron chi connectivity index (χ4n) is 3.13. The van der Waals surface area contributed by atoms with Gasteiger partial charge in [-0.15, -0.1) is 0 Å². The maximum absolute atomic E-state index is 12.8. The molecule has 132 valence electrons. The number of pyridine rings is 1. The molecule has 2 heterocycles. The van der Waals surface area contributed by atoms with Gasteiger partial charge in [0.2, 0.25) is 5.69 Å². The zero-order valence-corrected chi connectivity index (χ0v) is 14.7. The number of methoxy groups -OCH3 is 2. The highest BCUT2D eigenvalue weighted by molar-refractivity contribution is 5.95. The minimum absolute atomic E-state index is 0.0301. The molecule has 2 aromatic rings. The van der Waals surface area contributed by atoms with Gasteiger partial charge in [-0.25, -0.2) is 4.98 Å². The Kier molecular flexibility index (Phi) is 5.50. The van der Waals surface area contributed by atoms with Crippen LogP contribution in [0.1, 0.15) is 16.1 Å². The second-order valence-electron chi connectivity index (χ2n) is 6.21. The third-order valence-electron chi connectivity index (χ3n) is 4.57. The summed E-state index contributed by atoms with van der Waals surface area (Å²) in [6.07, 6.45) is 1.95. The number of ether oxygens (including phenoxy) is 2. The first kappa shape index (κ1) is 17.2. The molecular formula is C19H25N3O3+2. The average Bonchev–Trinajstić information content (AvgIpc) is 2.68. The molecule has 0 radical (unpaired) electrons. The van der Waals surface area contributed by atoms with Crippen LogP contribution in [-0.2, 0) is 6.54 Å². The van der Waals surface area contributed by atoms with E-state index in [4.69, 9.17) is 9.47 Å². The summed E-state index contributed by atoms with van der Waals surface area (Å²) < 4.78 is 10.5. The van der Waals surface area contributed by atoms with Crippen LogP contribution in [0.4, 0.5) is 0 Å². The molecule has 1 fully saturated rings. The van der Waals surface area contributed by atoms with Gasteiger partial charge in [-0.1, -0.05) is 0 Å². The van der Waals surface area contributed by atoms with E-state index in [1.54, 1.807) is 32.4 Å². The Morgan fingerprint density at radius 3 is 2.36 bits per heavy atom. The molecule has 6 heteroatoms. The molecule has 1 saturated heterocycles. The average molecular weight is 343 g/mol. The molecule has 1 amide bonds. The van der Waals surface area contributed by atoms with Crippen LogP contribution in [0.15, 0.2) is 42.6 Å². The van der Waals surface area contributed by atoms with Gasteiger partial charge in [0.1, 0.15) is 11.5 Å². The number of benzene rings is 1. The molecule has 6 nitrogen and oxygen atoms in total. The second-order valence-corrected chi connectivity index (χ2v) is 6.21. The number of hydrogen-bond acceptors (Lipinski definition) is 3. The van der Waals surface area contributed by atoms with Crippen LogP contribution in [0.25, 0.3) is 0 Å². The Labute approximate surface area is 148 Å². The van der Waals surface area contributed by atoms with Gasteiger partial charge >= 0.3 is 0 Å². The molecule has 0 bridgehead atoms. The number of aromatic amines is 1. The summed E-state index contributed by atoms with van der Waals surface area (Å²) in [4.78, 5) is 19.5. The number of aromatic nitrogens is 1. The van der Waals surface area contributed by atoms with Crippen molar-refractivity contribution in [3.63, 3.8) is 0 Å². The van der Waals surface area contributed by atoms with E-state index < -0.39 is 0 Å². The standard InChI is InChI=1S/C19H23N3O3/c1-24-17-11-15(12-18(13-17)25-2)19(23)22-9-7-21(8-10-22)14-16-5-3-4-6-20-16/h3-6,11-13H,7-10,14H2,1-2H3/p+2. The molecule has 0 saturated carbocycles. The van der Waals surface area contributed by atoms with E-state index in [0.717, 1.165) is 32.7 Å². The number of carbonyl (C=O) groups is 1. The van der Waals surface area contributed by atoms with E-state index in [2.05, 4.69) is 11.1 Å². The number of nitrogens with zero attached hydrogens (tertiary/aromatic N) is 1. The Bertz CT molecular complexity index is 691. The third-order valence-corrected chi connectivity index (χ3v) is 4.57. The van der Waals surface area contributed by atoms with Gasteiger partial charge in [-0.3, -0.25) is 4.79 Å². The van der Waals surface area contributed by atoms with E-state index in [1.807, 2.05) is 23.2 Å². The third kappa shape index (κ3) is 4.28. The number of amides is 1. The summed E-state index contributed by atoms with van der Waals surface area (Å²) >= 11 is 0.